The standard InChI is InChI=1S/C18H37N/c1-4-7-8-9-10-11-12-13-14-15-18-19(16-5-2)17-6-3/h9-10H,4-8,11-18H2,1-3H3. The van der Waals surface area contributed by atoms with E-state index in [9.17, 15) is 0 Å². The SMILES string of the molecule is CCCCC=CCCCCCCN(CCC)CCC. The summed E-state index contributed by atoms with van der Waals surface area (Å²) in [5.41, 5.74) is 0. The van der Waals surface area contributed by atoms with Crippen LogP contribution in [0.4, 0.5) is 0 Å². The van der Waals surface area contributed by atoms with Gasteiger partial charge in [-0.1, -0.05) is 58.6 Å². The van der Waals surface area contributed by atoms with Crippen LogP contribution in [0.1, 0.15) is 85.0 Å². The van der Waals surface area contributed by atoms with E-state index in [1.165, 1.54) is 83.8 Å². The van der Waals surface area contributed by atoms with Crippen LogP contribution >= 0.6 is 0 Å². The molecular formula is C18H37N. The molecule has 0 spiro atoms. The van der Waals surface area contributed by atoms with Gasteiger partial charge in [-0.3, -0.25) is 0 Å². The van der Waals surface area contributed by atoms with Crippen molar-refractivity contribution in [2.45, 2.75) is 85.0 Å². The largest absolute Gasteiger partial charge is 0.303 e. The van der Waals surface area contributed by atoms with Crippen molar-refractivity contribution in [3.8, 4) is 0 Å². The van der Waals surface area contributed by atoms with E-state index >= 15 is 0 Å². The van der Waals surface area contributed by atoms with Gasteiger partial charge in [-0.2, -0.15) is 0 Å². The van der Waals surface area contributed by atoms with Gasteiger partial charge in [0.05, 0.1) is 0 Å². The van der Waals surface area contributed by atoms with Crippen molar-refractivity contribution in [2.24, 2.45) is 0 Å². The molecule has 0 unspecified atom stereocenters. The zero-order valence-electron chi connectivity index (χ0n) is 13.8. The molecule has 0 N–H and O–H groups in total. The van der Waals surface area contributed by atoms with Crippen LogP contribution in [0.5, 0.6) is 0 Å². The molecule has 0 amide bonds. The Morgan fingerprint density at radius 3 is 1.74 bits per heavy atom. The summed E-state index contributed by atoms with van der Waals surface area (Å²) < 4.78 is 0. The molecule has 0 aliphatic heterocycles. The number of unbranched alkanes of at least 4 members (excludes halogenated alkanes) is 6. The van der Waals surface area contributed by atoms with E-state index in [1.807, 2.05) is 0 Å². The van der Waals surface area contributed by atoms with E-state index < -0.39 is 0 Å². The first-order valence-corrected chi connectivity index (χ1v) is 8.72. The minimum atomic E-state index is 1.28. The molecule has 19 heavy (non-hydrogen) atoms. The Hall–Kier alpha value is -0.300. The summed E-state index contributed by atoms with van der Waals surface area (Å²) in [5.74, 6) is 0. The molecular weight excluding hydrogens is 230 g/mol. The highest BCUT2D eigenvalue weighted by molar-refractivity contribution is 4.81. The summed E-state index contributed by atoms with van der Waals surface area (Å²) in [6, 6.07) is 0. The highest BCUT2D eigenvalue weighted by Gasteiger charge is 2.01. The summed E-state index contributed by atoms with van der Waals surface area (Å²) in [4.78, 5) is 2.63. The first kappa shape index (κ1) is 18.7. The maximum absolute atomic E-state index is 2.63. The lowest BCUT2D eigenvalue weighted by Crippen LogP contribution is -2.26. The molecule has 0 aliphatic carbocycles. The lowest BCUT2D eigenvalue weighted by Gasteiger charge is -2.20. The Bertz CT molecular complexity index is 180. The lowest BCUT2D eigenvalue weighted by molar-refractivity contribution is 0.268. The molecule has 0 bridgehead atoms. The number of hydrogen-bond donors (Lipinski definition) is 0. The van der Waals surface area contributed by atoms with Crippen molar-refractivity contribution in [3.05, 3.63) is 12.2 Å². The Balaban J connectivity index is 3.31. The highest BCUT2D eigenvalue weighted by Crippen LogP contribution is 2.06. The van der Waals surface area contributed by atoms with Gasteiger partial charge in [0, 0.05) is 0 Å². The first-order chi connectivity index (χ1) is 9.35. The van der Waals surface area contributed by atoms with Gasteiger partial charge >= 0.3 is 0 Å². The molecule has 0 atom stereocenters. The zero-order valence-corrected chi connectivity index (χ0v) is 13.8. The van der Waals surface area contributed by atoms with Crippen LogP contribution in [0, 0.1) is 0 Å². The Morgan fingerprint density at radius 2 is 1.16 bits per heavy atom. The van der Waals surface area contributed by atoms with Crippen LogP contribution in [0.25, 0.3) is 0 Å². The topological polar surface area (TPSA) is 3.24 Å². The van der Waals surface area contributed by atoms with Gasteiger partial charge in [0.2, 0.25) is 0 Å². The first-order valence-electron chi connectivity index (χ1n) is 8.72. The van der Waals surface area contributed by atoms with Crippen molar-refractivity contribution in [3.63, 3.8) is 0 Å². The van der Waals surface area contributed by atoms with Gasteiger partial charge in [0.15, 0.2) is 0 Å². The zero-order chi connectivity index (χ0) is 14.2. The summed E-state index contributed by atoms with van der Waals surface area (Å²) in [6.45, 7) is 10.7. The molecule has 0 aromatic carbocycles. The molecule has 0 aromatic heterocycles. The van der Waals surface area contributed by atoms with Crippen LogP contribution < -0.4 is 0 Å². The second-order valence-electron chi connectivity index (χ2n) is 5.66. The average Bonchev–Trinajstić information content (AvgIpc) is 2.41. The van der Waals surface area contributed by atoms with Crippen LogP contribution in [0.3, 0.4) is 0 Å². The van der Waals surface area contributed by atoms with Crippen LogP contribution in [-0.4, -0.2) is 24.5 Å². The summed E-state index contributed by atoms with van der Waals surface area (Å²) in [6.07, 6.45) is 18.2. The van der Waals surface area contributed by atoms with Crippen LogP contribution in [0.2, 0.25) is 0 Å². The van der Waals surface area contributed by atoms with Crippen LogP contribution in [-0.2, 0) is 0 Å². The Kier molecular flexibility index (Phi) is 15.5. The fourth-order valence-corrected chi connectivity index (χ4v) is 2.48. The molecule has 1 heteroatoms. The second kappa shape index (κ2) is 15.8. The van der Waals surface area contributed by atoms with Crippen molar-refractivity contribution in [1.82, 2.24) is 4.90 Å². The Labute approximate surface area is 122 Å². The molecule has 0 aliphatic rings. The minimum absolute atomic E-state index is 1.28. The van der Waals surface area contributed by atoms with Gasteiger partial charge in [0.1, 0.15) is 0 Å². The third-order valence-electron chi connectivity index (χ3n) is 3.57. The van der Waals surface area contributed by atoms with Gasteiger partial charge in [-0.25, -0.2) is 0 Å². The third-order valence-corrected chi connectivity index (χ3v) is 3.57. The summed E-state index contributed by atoms with van der Waals surface area (Å²) >= 11 is 0. The van der Waals surface area contributed by atoms with Crippen molar-refractivity contribution in [1.29, 1.82) is 0 Å². The fourth-order valence-electron chi connectivity index (χ4n) is 2.48. The number of rotatable bonds is 14. The molecule has 0 heterocycles. The van der Waals surface area contributed by atoms with E-state index in [1.54, 1.807) is 0 Å². The monoisotopic (exact) mass is 267 g/mol. The second-order valence-corrected chi connectivity index (χ2v) is 5.66. The fraction of sp³-hybridized carbons (Fsp3) is 0.889. The molecule has 0 saturated heterocycles. The van der Waals surface area contributed by atoms with Crippen molar-refractivity contribution < 1.29 is 0 Å². The van der Waals surface area contributed by atoms with E-state index in [-0.39, 0.29) is 0 Å². The highest BCUT2D eigenvalue weighted by atomic mass is 15.1. The normalized spacial score (nSPS) is 11.8. The summed E-state index contributed by atoms with van der Waals surface area (Å²) in [7, 11) is 0. The average molecular weight is 268 g/mol. The Morgan fingerprint density at radius 1 is 0.579 bits per heavy atom. The van der Waals surface area contributed by atoms with Crippen LogP contribution in [0.15, 0.2) is 12.2 Å². The number of allylic oxidation sites excluding steroid dienone is 2. The van der Waals surface area contributed by atoms with Crippen molar-refractivity contribution in [2.75, 3.05) is 19.6 Å². The molecule has 0 fully saturated rings. The minimum Gasteiger partial charge on any atom is -0.303 e. The van der Waals surface area contributed by atoms with E-state index in [2.05, 4.69) is 37.8 Å². The predicted molar refractivity (Wildman–Crippen MR) is 88.8 cm³/mol. The van der Waals surface area contributed by atoms with Gasteiger partial charge in [0.25, 0.3) is 0 Å². The lowest BCUT2D eigenvalue weighted by atomic mass is 10.1. The third kappa shape index (κ3) is 13.9. The van der Waals surface area contributed by atoms with E-state index in [4.69, 9.17) is 0 Å². The number of nitrogens with zero attached hydrogens (tertiary/aromatic N) is 1. The molecule has 1 nitrogen and oxygen atoms in total. The molecule has 0 radical (unpaired) electrons. The molecule has 0 saturated carbocycles. The molecule has 0 rings (SSSR count). The van der Waals surface area contributed by atoms with Gasteiger partial charge < -0.3 is 4.90 Å². The van der Waals surface area contributed by atoms with Gasteiger partial charge in [-0.05, 0) is 58.2 Å². The number of hydrogen-bond acceptors (Lipinski definition) is 1. The predicted octanol–water partition coefficient (Wildman–Crippen LogP) is 5.81. The maximum atomic E-state index is 2.63. The van der Waals surface area contributed by atoms with Gasteiger partial charge in [-0.15, -0.1) is 0 Å². The van der Waals surface area contributed by atoms with E-state index in [0.717, 1.165) is 0 Å². The quantitative estimate of drug-likeness (QED) is 0.284. The maximum Gasteiger partial charge on any atom is -0.00187 e. The van der Waals surface area contributed by atoms with E-state index in [0.29, 0.717) is 0 Å². The summed E-state index contributed by atoms with van der Waals surface area (Å²) in [5, 5.41) is 0. The molecule has 0 aromatic rings. The van der Waals surface area contributed by atoms with Crippen molar-refractivity contribution >= 4 is 0 Å². The smallest absolute Gasteiger partial charge is 0.00187 e. The molecule has 114 valence electrons.